The van der Waals surface area contributed by atoms with Gasteiger partial charge >= 0.3 is 0 Å². The van der Waals surface area contributed by atoms with E-state index in [2.05, 4.69) is 5.32 Å². The van der Waals surface area contributed by atoms with Crippen molar-refractivity contribution in [3.8, 4) is 5.75 Å². The van der Waals surface area contributed by atoms with E-state index >= 15 is 0 Å². The van der Waals surface area contributed by atoms with Gasteiger partial charge in [-0.05, 0) is 56.4 Å². The van der Waals surface area contributed by atoms with Gasteiger partial charge in [-0.2, -0.15) is 4.31 Å². The quantitative estimate of drug-likeness (QED) is 0.753. The molecule has 1 N–H and O–H groups in total. The van der Waals surface area contributed by atoms with Gasteiger partial charge in [0.05, 0.1) is 4.90 Å². The summed E-state index contributed by atoms with van der Waals surface area (Å²) in [6.45, 7) is 2.93. The van der Waals surface area contributed by atoms with Crippen LogP contribution in [0.2, 0.25) is 0 Å². The molecule has 1 aromatic carbocycles. The van der Waals surface area contributed by atoms with E-state index in [1.165, 1.54) is 17.1 Å². The summed E-state index contributed by atoms with van der Waals surface area (Å²) in [7, 11) is -3.43. The predicted molar refractivity (Wildman–Crippen MR) is 104 cm³/mol. The van der Waals surface area contributed by atoms with Crippen molar-refractivity contribution in [2.75, 3.05) is 19.7 Å². The Balaban J connectivity index is 1.57. The third-order valence-electron chi connectivity index (χ3n) is 5.43. The van der Waals surface area contributed by atoms with Gasteiger partial charge in [0.25, 0.3) is 5.91 Å². The number of sulfonamides is 1. The molecule has 0 bridgehead atoms. The number of ether oxygens (including phenoxy) is 1. The normalized spacial score (nSPS) is 19.6. The lowest BCUT2D eigenvalue weighted by molar-refractivity contribution is -0.123. The number of aryl methyl sites for hydroxylation is 1. The van der Waals surface area contributed by atoms with Crippen LogP contribution >= 0.6 is 0 Å². The van der Waals surface area contributed by atoms with Crippen LogP contribution in [-0.4, -0.2) is 44.4 Å². The molecule has 2 fully saturated rings. The summed E-state index contributed by atoms with van der Waals surface area (Å²) in [6, 6.07) is 5.10. The Hall–Kier alpha value is -1.60. The van der Waals surface area contributed by atoms with Gasteiger partial charge in [-0.25, -0.2) is 8.42 Å². The molecule has 0 unspecified atom stereocenters. The van der Waals surface area contributed by atoms with Gasteiger partial charge < -0.3 is 10.1 Å². The molecule has 1 amide bonds. The number of carbonyl (C=O) groups is 1. The minimum atomic E-state index is -3.43. The highest BCUT2D eigenvalue weighted by molar-refractivity contribution is 7.89. The van der Waals surface area contributed by atoms with Crippen LogP contribution in [-0.2, 0) is 14.8 Å². The van der Waals surface area contributed by atoms with Crippen molar-refractivity contribution >= 4 is 15.9 Å². The van der Waals surface area contributed by atoms with Gasteiger partial charge in [-0.15, -0.1) is 0 Å². The van der Waals surface area contributed by atoms with Gasteiger partial charge in [0.2, 0.25) is 10.0 Å². The highest BCUT2D eigenvalue weighted by atomic mass is 32.2. The third-order valence-corrected chi connectivity index (χ3v) is 7.32. The molecule has 1 saturated carbocycles. The molecule has 7 heteroatoms. The summed E-state index contributed by atoms with van der Waals surface area (Å²) in [5, 5.41) is 3.05. The number of nitrogens with zero attached hydrogens (tertiary/aromatic N) is 1. The molecule has 0 aromatic heterocycles. The van der Waals surface area contributed by atoms with E-state index < -0.39 is 10.0 Å². The maximum Gasteiger partial charge on any atom is 0.258 e. The fraction of sp³-hybridized carbons (Fsp3) is 0.650. The predicted octanol–water partition coefficient (Wildman–Crippen LogP) is 3.00. The topological polar surface area (TPSA) is 75.7 Å². The van der Waals surface area contributed by atoms with Gasteiger partial charge in [-0.3, -0.25) is 4.79 Å². The van der Waals surface area contributed by atoms with E-state index in [-0.39, 0.29) is 23.5 Å². The zero-order chi connectivity index (χ0) is 19.3. The van der Waals surface area contributed by atoms with Crippen molar-refractivity contribution < 1.29 is 17.9 Å². The monoisotopic (exact) mass is 394 g/mol. The van der Waals surface area contributed by atoms with Crippen LogP contribution in [0.15, 0.2) is 23.1 Å². The van der Waals surface area contributed by atoms with Crippen LogP contribution in [0.25, 0.3) is 0 Å². The summed E-state index contributed by atoms with van der Waals surface area (Å²) in [6.07, 6.45) is 8.71. The Morgan fingerprint density at radius 2 is 1.78 bits per heavy atom. The molecule has 2 aliphatic rings. The highest BCUT2D eigenvalue weighted by Crippen LogP contribution is 2.26. The fourth-order valence-electron chi connectivity index (χ4n) is 3.86. The van der Waals surface area contributed by atoms with E-state index in [9.17, 15) is 13.2 Å². The van der Waals surface area contributed by atoms with Crippen LogP contribution < -0.4 is 10.1 Å². The number of benzene rings is 1. The van der Waals surface area contributed by atoms with Crippen LogP contribution in [0, 0.1) is 6.92 Å². The molecule has 1 saturated heterocycles. The molecule has 6 nitrogen and oxygen atoms in total. The maximum absolute atomic E-state index is 12.6. The first-order valence-corrected chi connectivity index (χ1v) is 11.4. The van der Waals surface area contributed by atoms with E-state index in [1.54, 1.807) is 18.2 Å². The first kappa shape index (κ1) is 20.1. The number of amides is 1. The van der Waals surface area contributed by atoms with Crippen molar-refractivity contribution in [2.24, 2.45) is 0 Å². The summed E-state index contributed by atoms with van der Waals surface area (Å²) in [5.74, 6) is 0.432. The second-order valence-electron chi connectivity index (χ2n) is 7.58. The molecule has 1 aliphatic heterocycles. The largest absolute Gasteiger partial charge is 0.484 e. The molecular formula is C20H30N2O4S. The maximum atomic E-state index is 12.6. The molecule has 3 rings (SSSR count). The van der Waals surface area contributed by atoms with Crippen molar-refractivity contribution in [3.05, 3.63) is 23.8 Å². The van der Waals surface area contributed by atoms with E-state index in [1.807, 2.05) is 6.92 Å². The molecule has 150 valence electrons. The summed E-state index contributed by atoms with van der Waals surface area (Å²) >= 11 is 0. The standard InChI is InChI=1S/C20H30N2O4S/c1-16-14-18(27(24,25)22-12-6-7-13-22)10-11-19(16)26-15-20(23)21-17-8-4-2-3-5-9-17/h10-11,14,17H,2-9,12-13,15H2,1H3,(H,21,23). The average molecular weight is 395 g/mol. The molecule has 0 atom stereocenters. The SMILES string of the molecule is Cc1cc(S(=O)(=O)N2CCCC2)ccc1OCC(=O)NC1CCCCCC1. The number of hydrogen-bond donors (Lipinski definition) is 1. The van der Waals surface area contributed by atoms with Crippen LogP contribution in [0.3, 0.4) is 0 Å². The lowest BCUT2D eigenvalue weighted by Gasteiger charge is -2.18. The Bertz CT molecular complexity index is 749. The highest BCUT2D eigenvalue weighted by Gasteiger charge is 2.27. The summed E-state index contributed by atoms with van der Waals surface area (Å²) in [5.41, 5.74) is 0.720. The number of hydrogen-bond acceptors (Lipinski definition) is 4. The minimum Gasteiger partial charge on any atom is -0.484 e. The smallest absolute Gasteiger partial charge is 0.258 e. The Morgan fingerprint density at radius 3 is 2.41 bits per heavy atom. The summed E-state index contributed by atoms with van der Waals surface area (Å²) < 4.78 is 32.4. The molecule has 27 heavy (non-hydrogen) atoms. The number of rotatable bonds is 6. The minimum absolute atomic E-state index is 0.0461. The van der Waals surface area contributed by atoms with E-state index in [4.69, 9.17) is 4.74 Å². The lowest BCUT2D eigenvalue weighted by Crippen LogP contribution is -2.37. The molecule has 1 heterocycles. The average Bonchev–Trinajstić information content (AvgIpc) is 3.08. The Kier molecular flexibility index (Phi) is 6.76. The first-order chi connectivity index (χ1) is 13.0. The van der Waals surface area contributed by atoms with Crippen molar-refractivity contribution in [3.63, 3.8) is 0 Å². The molecule has 1 aliphatic carbocycles. The number of carbonyl (C=O) groups excluding carboxylic acids is 1. The zero-order valence-corrected chi connectivity index (χ0v) is 16.9. The van der Waals surface area contributed by atoms with E-state index in [0.29, 0.717) is 18.8 Å². The molecule has 0 radical (unpaired) electrons. The first-order valence-electron chi connectivity index (χ1n) is 10.00. The van der Waals surface area contributed by atoms with Crippen molar-refractivity contribution in [2.45, 2.75) is 69.2 Å². The second-order valence-corrected chi connectivity index (χ2v) is 9.52. The van der Waals surface area contributed by atoms with Gasteiger partial charge in [-0.1, -0.05) is 25.7 Å². The Labute approximate surface area is 162 Å². The summed E-state index contributed by atoms with van der Waals surface area (Å²) in [4.78, 5) is 12.5. The van der Waals surface area contributed by atoms with Crippen LogP contribution in [0.5, 0.6) is 5.75 Å². The molecule has 0 spiro atoms. The molecule has 1 aromatic rings. The third kappa shape index (κ3) is 5.23. The van der Waals surface area contributed by atoms with Crippen molar-refractivity contribution in [1.29, 1.82) is 0 Å². The zero-order valence-electron chi connectivity index (χ0n) is 16.1. The van der Waals surface area contributed by atoms with E-state index in [0.717, 1.165) is 44.1 Å². The number of nitrogens with one attached hydrogen (secondary N) is 1. The van der Waals surface area contributed by atoms with Crippen molar-refractivity contribution in [1.82, 2.24) is 9.62 Å². The van der Waals surface area contributed by atoms with Crippen LogP contribution in [0.4, 0.5) is 0 Å². The lowest BCUT2D eigenvalue weighted by atomic mass is 10.1. The van der Waals surface area contributed by atoms with Gasteiger partial charge in [0, 0.05) is 19.1 Å². The second kappa shape index (κ2) is 9.06. The Morgan fingerprint density at radius 1 is 1.11 bits per heavy atom. The van der Waals surface area contributed by atoms with Gasteiger partial charge in [0.15, 0.2) is 6.61 Å². The van der Waals surface area contributed by atoms with Crippen LogP contribution in [0.1, 0.15) is 56.9 Å². The fourth-order valence-corrected chi connectivity index (χ4v) is 5.46. The van der Waals surface area contributed by atoms with Gasteiger partial charge in [0.1, 0.15) is 5.75 Å². The molecular weight excluding hydrogens is 364 g/mol.